The standard InChI is InChI=1S/C24H25BrN4O2S/c1-24(2,3)17-11-9-15(10-12-17)22(31)29-13-5-8-19(29)20(30)26-23-28-27-21(32-23)16-6-4-7-18(25)14-16/h4,6-7,9-12,14,19H,5,8,13H2,1-3H3,(H,26,28,30)/t19-/m1/s1. The van der Waals surface area contributed by atoms with Crippen LogP contribution >= 0.6 is 27.3 Å². The summed E-state index contributed by atoms with van der Waals surface area (Å²) in [6, 6.07) is 14.9. The minimum atomic E-state index is -0.511. The van der Waals surface area contributed by atoms with Crippen LogP contribution in [0, 0.1) is 0 Å². The number of benzene rings is 2. The largest absolute Gasteiger partial charge is 0.327 e. The van der Waals surface area contributed by atoms with E-state index in [0.717, 1.165) is 21.5 Å². The second-order valence-corrected chi connectivity index (χ2v) is 10.8. The lowest BCUT2D eigenvalue weighted by molar-refractivity contribution is -0.119. The number of carbonyl (C=O) groups excluding carboxylic acids is 2. The summed E-state index contributed by atoms with van der Waals surface area (Å²) in [6.07, 6.45) is 1.43. The molecule has 2 aromatic carbocycles. The van der Waals surface area contributed by atoms with Crippen LogP contribution in [0.3, 0.4) is 0 Å². The molecule has 166 valence electrons. The van der Waals surface area contributed by atoms with Crippen molar-refractivity contribution >= 4 is 44.2 Å². The molecule has 32 heavy (non-hydrogen) atoms. The van der Waals surface area contributed by atoms with Crippen LogP contribution < -0.4 is 5.32 Å². The van der Waals surface area contributed by atoms with Crippen molar-refractivity contribution in [1.82, 2.24) is 15.1 Å². The van der Waals surface area contributed by atoms with Gasteiger partial charge in [0.05, 0.1) is 0 Å². The monoisotopic (exact) mass is 512 g/mol. The smallest absolute Gasteiger partial charge is 0.254 e. The number of hydrogen-bond donors (Lipinski definition) is 1. The fourth-order valence-corrected chi connectivity index (χ4v) is 4.90. The Morgan fingerprint density at radius 1 is 1.12 bits per heavy atom. The van der Waals surface area contributed by atoms with Crippen LogP contribution in [-0.4, -0.2) is 39.5 Å². The zero-order chi connectivity index (χ0) is 22.9. The van der Waals surface area contributed by atoms with Gasteiger partial charge in [-0.15, -0.1) is 10.2 Å². The van der Waals surface area contributed by atoms with Crippen molar-refractivity contribution in [3.63, 3.8) is 0 Å². The van der Waals surface area contributed by atoms with Crippen LogP contribution in [0.1, 0.15) is 49.5 Å². The number of amides is 2. The van der Waals surface area contributed by atoms with Gasteiger partial charge in [0, 0.05) is 22.1 Å². The van der Waals surface area contributed by atoms with Gasteiger partial charge in [-0.1, -0.05) is 72.3 Å². The molecule has 6 nitrogen and oxygen atoms in total. The van der Waals surface area contributed by atoms with E-state index in [-0.39, 0.29) is 17.2 Å². The van der Waals surface area contributed by atoms with E-state index < -0.39 is 6.04 Å². The van der Waals surface area contributed by atoms with Crippen LogP contribution in [0.15, 0.2) is 53.0 Å². The summed E-state index contributed by atoms with van der Waals surface area (Å²) in [5, 5.41) is 12.3. The van der Waals surface area contributed by atoms with Crippen LogP contribution in [0.4, 0.5) is 5.13 Å². The van der Waals surface area contributed by atoms with E-state index in [0.29, 0.717) is 23.7 Å². The van der Waals surface area contributed by atoms with E-state index in [1.54, 1.807) is 4.90 Å². The molecule has 3 aromatic rings. The predicted octanol–water partition coefficient (Wildman–Crippen LogP) is 5.51. The lowest BCUT2D eigenvalue weighted by atomic mass is 9.86. The molecule has 1 saturated heterocycles. The molecule has 1 aliphatic heterocycles. The maximum absolute atomic E-state index is 13.1. The van der Waals surface area contributed by atoms with Crippen molar-refractivity contribution in [3.8, 4) is 10.6 Å². The Bertz CT molecular complexity index is 1140. The summed E-state index contributed by atoms with van der Waals surface area (Å²) in [5.74, 6) is -0.339. The second kappa shape index (κ2) is 9.11. The number of hydrogen-bond acceptors (Lipinski definition) is 5. The van der Waals surface area contributed by atoms with E-state index in [2.05, 4.69) is 52.2 Å². The van der Waals surface area contributed by atoms with E-state index in [4.69, 9.17) is 0 Å². The molecule has 0 spiro atoms. The van der Waals surface area contributed by atoms with Crippen LogP contribution in [0.25, 0.3) is 10.6 Å². The van der Waals surface area contributed by atoms with E-state index in [1.165, 1.54) is 16.9 Å². The maximum atomic E-state index is 13.1. The Morgan fingerprint density at radius 3 is 2.56 bits per heavy atom. The second-order valence-electron chi connectivity index (χ2n) is 8.90. The van der Waals surface area contributed by atoms with Crippen molar-refractivity contribution in [2.75, 3.05) is 11.9 Å². The predicted molar refractivity (Wildman–Crippen MR) is 131 cm³/mol. The molecule has 0 saturated carbocycles. The minimum absolute atomic E-state index is 0.0219. The highest BCUT2D eigenvalue weighted by Gasteiger charge is 2.35. The molecule has 8 heteroatoms. The topological polar surface area (TPSA) is 75.2 Å². The first-order valence-corrected chi connectivity index (χ1v) is 12.1. The molecule has 0 bridgehead atoms. The summed E-state index contributed by atoms with van der Waals surface area (Å²) in [5.41, 5.74) is 2.72. The maximum Gasteiger partial charge on any atom is 0.254 e. The van der Waals surface area contributed by atoms with Crippen molar-refractivity contribution in [2.45, 2.75) is 45.1 Å². The molecule has 1 atom stereocenters. The summed E-state index contributed by atoms with van der Waals surface area (Å²) < 4.78 is 0.950. The fourth-order valence-electron chi connectivity index (χ4n) is 3.76. The van der Waals surface area contributed by atoms with Crippen LogP contribution in [0.2, 0.25) is 0 Å². The van der Waals surface area contributed by atoms with Crippen LogP contribution in [0.5, 0.6) is 0 Å². The van der Waals surface area contributed by atoms with Gasteiger partial charge in [0.25, 0.3) is 5.91 Å². The lowest BCUT2D eigenvalue weighted by Crippen LogP contribution is -2.43. The number of nitrogens with zero attached hydrogens (tertiary/aromatic N) is 3. The highest BCUT2D eigenvalue weighted by molar-refractivity contribution is 9.10. The quantitative estimate of drug-likeness (QED) is 0.500. The Labute approximate surface area is 200 Å². The third kappa shape index (κ3) is 4.91. The average Bonchev–Trinajstić information content (AvgIpc) is 3.42. The highest BCUT2D eigenvalue weighted by atomic mass is 79.9. The Hall–Kier alpha value is -2.58. The molecule has 1 fully saturated rings. The summed E-state index contributed by atoms with van der Waals surface area (Å²) in [4.78, 5) is 27.7. The van der Waals surface area contributed by atoms with Gasteiger partial charge in [-0.05, 0) is 48.1 Å². The number of aromatic nitrogens is 2. The zero-order valence-electron chi connectivity index (χ0n) is 18.3. The van der Waals surface area contributed by atoms with Crippen molar-refractivity contribution in [2.24, 2.45) is 0 Å². The van der Waals surface area contributed by atoms with Gasteiger partial charge in [-0.3, -0.25) is 14.9 Å². The summed E-state index contributed by atoms with van der Waals surface area (Å²) in [7, 11) is 0. The van der Waals surface area contributed by atoms with Crippen molar-refractivity contribution in [1.29, 1.82) is 0 Å². The number of likely N-dealkylation sites (tertiary alicyclic amines) is 1. The molecule has 0 unspecified atom stereocenters. The van der Waals surface area contributed by atoms with Gasteiger partial charge in [-0.25, -0.2) is 0 Å². The Kier molecular flexibility index (Phi) is 6.44. The van der Waals surface area contributed by atoms with E-state index in [1.807, 2.05) is 48.5 Å². The third-order valence-corrected chi connectivity index (χ3v) is 6.92. The highest BCUT2D eigenvalue weighted by Crippen LogP contribution is 2.29. The molecular weight excluding hydrogens is 488 g/mol. The first-order chi connectivity index (χ1) is 15.2. The molecule has 1 aliphatic rings. The molecule has 1 N–H and O–H groups in total. The molecule has 0 radical (unpaired) electrons. The average molecular weight is 513 g/mol. The van der Waals surface area contributed by atoms with Crippen LogP contribution in [-0.2, 0) is 10.2 Å². The normalized spacial score (nSPS) is 16.2. The molecule has 4 rings (SSSR count). The molecule has 2 heterocycles. The number of anilines is 1. The zero-order valence-corrected chi connectivity index (χ0v) is 20.7. The summed E-state index contributed by atoms with van der Waals surface area (Å²) >= 11 is 4.77. The van der Waals surface area contributed by atoms with Gasteiger partial charge >= 0.3 is 0 Å². The molecule has 0 aliphatic carbocycles. The minimum Gasteiger partial charge on any atom is -0.327 e. The van der Waals surface area contributed by atoms with E-state index >= 15 is 0 Å². The number of carbonyl (C=O) groups is 2. The first-order valence-electron chi connectivity index (χ1n) is 10.5. The van der Waals surface area contributed by atoms with Gasteiger partial charge in [0.2, 0.25) is 11.0 Å². The molecular formula is C24H25BrN4O2S. The number of rotatable bonds is 4. The molecule has 1 aromatic heterocycles. The lowest BCUT2D eigenvalue weighted by Gasteiger charge is -2.24. The number of halogens is 1. The van der Waals surface area contributed by atoms with Gasteiger partial charge in [0.15, 0.2) is 0 Å². The number of nitrogens with one attached hydrogen (secondary N) is 1. The van der Waals surface area contributed by atoms with E-state index in [9.17, 15) is 9.59 Å². The van der Waals surface area contributed by atoms with Gasteiger partial charge in [-0.2, -0.15) is 0 Å². The fraction of sp³-hybridized carbons (Fsp3) is 0.333. The first kappa shape index (κ1) is 22.6. The summed E-state index contributed by atoms with van der Waals surface area (Å²) in [6.45, 7) is 6.98. The third-order valence-electron chi connectivity index (χ3n) is 5.54. The molecule has 2 amide bonds. The Balaban J connectivity index is 1.45. The van der Waals surface area contributed by atoms with Gasteiger partial charge < -0.3 is 4.90 Å². The van der Waals surface area contributed by atoms with Crippen molar-refractivity contribution in [3.05, 3.63) is 64.1 Å². The van der Waals surface area contributed by atoms with Crippen molar-refractivity contribution < 1.29 is 9.59 Å². The van der Waals surface area contributed by atoms with Gasteiger partial charge in [0.1, 0.15) is 11.0 Å². The SMILES string of the molecule is CC(C)(C)c1ccc(C(=O)N2CCC[C@@H]2C(=O)Nc2nnc(-c3cccc(Br)c3)s2)cc1. The Morgan fingerprint density at radius 2 is 1.88 bits per heavy atom.